The van der Waals surface area contributed by atoms with Gasteiger partial charge >= 0.3 is 0 Å². The van der Waals surface area contributed by atoms with Gasteiger partial charge in [-0.2, -0.15) is 0 Å². The zero-order valence-electron chi connectivity index (χ0n) is 98.5. The molecule has 0 spiro atoms. The fourth-order valence-electron chi connectivity index (χ4n) is 0. The monoisotopic (exact) mass is 1660 g/mol. The molecule has 0 nitrogen and oxygen atoms in total. The highest BCUT2D eigenvalue weighted by molar-refractivity contribution is 4.42. The van der Waals surface area contributed by atoms with E-state index in [4.69, 9.17) is 0 Å². The van der Waals surface area contributed by atoms with Crippen LogP contribution in [0.25, 0.3) is 0 Å². The van der Waals surface area contributed by atoms with Crippen molar-refractivity contribution in [2.75, 3.05) is 0 Å². The van der Waals surface area contributed by atoms with Crippen molar-refractivity contribution in [3.8, 4) is 0 Å². The highest BCUT2D eigenvalue weighted by atomic mass is 14.0. The van der Waals surface area contributed by atoms with E-state index < -0.39 is 0 Å². The van der Waals surface area contributed by atoms with Crippen molar-refractivity contribution in [2.24, 2.45) is 136 Å². The molecule has 0 aliphatic heterocycles. The van der Waals surface area contributed by atoms with Crippen LogP contribution in [0.1, 0.15) is 625 Å². The minimum absolute atomic E-state index is 0.884. The van der Waals surface area contributed by atoms with Crippen molar-refractivity contribution >= 4 is 0 Å². The van der Waals surface area contributed by atoms with Crippen molar-refractivity contribution in [3.63, 3.8) is 0 Å². The Hall–Kier alpha value is 0. The van der Waals surface area contributed by atoms with Crippen LogP contribution >= 0.6 is 0 Å². The normalized spacial score (nSPS) is 9.60. The zero-order chi connectivity index (χ0) is 98.5. The Bertz CT molecular complexity index is 738. The molecule has 0 amide bonds. The molecule has 115 heavy (non-hydrogen) atoms. The Balaban J connectivity index is -0.0000000366. The smallest absolute Gasteiger partial charge is 0.0474 e. The summed E-state index contributed by atoms with van der Waals surface area (Å²) in [6.07, 6.45) is 30.0. The first kappa shape index (κ1) is 177. The summed E-state index contributed by atoms with van der Waals surface area (Å²) in [7, 11) is 0. The number of hydrogen-bond acceptors (Lipinski definition) is 0. The highest BCUT2D eigenvalue weighted by Gasteiger charge is 1.90. The Labute approximate surface area is 756 Å². The summed E-state index contributed by atoms with van der Waals surface area (Å²) < 4.78 is 0. The standard InChI is InChI=1S/23C5H12/c23*1-4-5(2)3/h23*5H,4H2,1-3H3. The minimum atomic E-state index is 0.884. The predicted octanol–water partition coefficient (Wildman–Crippen LogP) is 47.2. The van der Waals surface area contributed by atoms with E-state index in [1.54, 1.807) is 0 Å². The van der Waals surface area contributed by atoms with Crippen LogP contribution in [0, 0.1) is 136 Å². The summed E-state index contributed by atoms with van der Waals surface area (Å²) in [6, 6.07) is 0. The van der Waals surface area contributed by atoms with E-state index in [0.717, 1.165) is 136 Å². The van der Waals surface area contributed by atoms with E-state index in [1.165, 1.54) is 148 Å². The van der Waals surface area contributed by atoms with Gasteiger partial charge < -0.3 is 0 Å². The lowest BCUT2D eigenvalue weighted by molar-refractivity contribution is 0.626. The average Bonchev–Trinajstić information content (AvgIpc) is 3.66. The molecule has 0 saturated carbocycles. The Morgan fingerprint density at radius 3 is 0.0696 bits per heavy atom. The molecule has 0 bridgehead atoms. The third-order valence-electron chi connectivity index (χ3n) is 18.8. The molecule has 0 aliphatic rings. The average molecular weight is 1660 g/mol. The lowest BCUT2D eigenvalue weighted by atomic mass is 10.2. The van der Waals surface area contributed by atoms with Crippen LogP contribution in [0.15, 0.2) is 0 Å². The van der Waals surface area contributed by atoms with Crippen molar-refractivity contribution in [3.05, 3.63) is 0 Å². The maximum atomic E-state index is 2.22. The largest absolute Gasteiger partial charge is 0.0651 e. The topological polar surface area (TPSA) is 0 Å². The second-order valence-electron chi connectivity index (χ2n) is 41.4. The molecule has 736 valence electrons. The van der Waals surface area contributed by atoms with E-state index >= 15 is 0 Å². The Morgan fingerprint density at radius 1 is 0.0609 bits per heavy atom. The van der Waals surface area contributed by atoms with Gasteiger partial charge in [0.2, 0.25) is 0 Å². The molecular weight excluding hydrogens is 1380 g/mol. The van der Waals surface area contributed by atoms with Crippen LogP contribution < -0.4 is 0 Å². The summed E-state index contributed by atoms with van der Waals surface area (Å²) in [6.45, 7) is 153. The Morgan fingerprint density at radius 2 is 0.0696 bits per heavy atom. The molecule has 0 heteroatoms. The number of rotatable bonds is 23. The molecule has 0 heterocycles. The first-order valence-electron chi connectivity index (χ1n) is 52.2. The van der Waals surface area contributed by atoms with Crippen LogP contribution in [0.2, 0.25) is 0 Å². The first-order valence-corrected chi connectivity index (χ1v) is 52.2. The molecule has 0 radical (unpaired) electrons. The van der Waals surface area contributed by atoms with Gasteiger partial charge in [-0.25, -0.2) is 0 Å². The van der Waals surface area contributed by atoms with Crippen molar-refractivity contribution in [2.45, 2.75) is 625 Å². The van der Waals surface area contributed by atoms with Gasteiger partial charge in [-0.3, -0.25) is 0 Å². The molecule has 0 saturated heterocycles. The molecule has 0 atom stereocenters. The van der Waals surface area contributed by atoms with Crippen molar-refractivity contribution in [1.82, 2.24) is 0 Å². The van der Waals surface area contributed by atoms with E-state index in [9.17, 15) is 0 Å². The maximum Gasteiger partial charge on any atom is -0.0474 e. The first-order chi connectivity index (χ1) is 52.2. The van der Waals surface area contributed by atoms with Gasteiger partial charge in [0.25, 0.3) is 0 Å². The summed E-state index contributed by atoms with van der Waals surface area (Å²) in [4.78, 5) is 0. The maximum absolute atomic E-state index is 2.22. The van der Waals surface area contributed by atoms with E-state index in [2.05, 4.69) is 478 Å². The van der Waals surface area contributed by atoms with E-state index in [1.807, 2.05) is 0 Å². The Kier molecular flexibility index (Phi) is 264. The zero-order valence-corrected chi connectivity index (χ0v) is 98.5. The lowest BCUT2D eigenvalue weighted by Crippen LogP contribution is -1.77. The molecular formula is C115H276. The quantitative estimate of drug-likeness (QED) is 0.0957. The molecule has 0 aromatic rings. The molecule has 0 fully saturated rings. The van der Waals surface area contributed by atoms with E-state index in [-0.39, 0.29) is 0 Å². The van der Waals surface area contributed by atoms with Gasteiger partial charge in [0.1, 0.15) is 0 Å². The van der Waals surface area contributed by atoms with Crippen LogP contribution in [0.4, 0.5) is 0 Å². The van der Waals surface area contributed by atoms with Crippen LogP contribution in [0.3, 0.4) is 0 Å². The van der Waals surface area contributed by atoms with Crippen molar-refractivity contribution in [1.29, 1.82) is 0 Å². The molecule has 0 aromatic carbocycles. The van der Waals surface area contributed by atoms with Gasteiger partial charge in [0, 0.05) is 0 Å². The summed E-state index contributed by atoms with van der Waals surface area (Å²) in [5.74, 6) is 20.3. The van der Waals surface area contributed by atoms with Gasteiger partial charge in [0.05, 0.1) is 0 Å². The molecule has 0 rings (SSSR count). The fraction of sp³-hybridized carbons (Fsp3) is 1.00. The van der Waals surface area contributed by atoms with Crippen molar-refractivity contribution < 1.29 is 0 Å². The summed E-state index contributed by atoms with van der Waals surface area (Å²) in [5, 5.41) is 0. The molecule has 0 unspecified atom stereocenters. The van der Waals surface area contributed by atoms with Crippen LogP contribution in [-0.2, 0) is 0 Å². The summed E-state index contributed by atoms with van der Waals surface area (Å²) >= 11 is 0. The predicted molar refractivity (Wildman–Crippen MR) is 578 cm³/mol. The third-order valence-corrected chi connectivity index (χ3v) is 18.8. The molecule has 0 aromatic heterocycles. The lowest BCUT2D eigenvalue weighted by Gasteiger charge is -1.90. The van der Waals surface area contributed by atoms with Gasteiger partial charge in [-0.05, 0) is 136 Å². The van der Waals surface area contributed by atoms with Gasteiger partial charge in [-0.15, -0.1) is 0 Å². The second kappa shape index (κ2) is 172. The van der Waals surface area contributed by atoms with E-state index in [0.29, 0.717) is 0 Å². The highest BCUT2D eigenvalue weighted by Crippen LogP contribution is 2.04. The number of hydrogen-bond donors (Lipinski definition) is 0. The van der Waals surface area contributed by atoms with Gasteiger partial charge in [-0.1, -0.05) is 625 Å². The second-order valence-corrected chi connectivity index (χ2v) is 41.4. The fourth-order valence-corrected chi connectivity index (χ4v) is 0. The molecule has 0 aliphatic carbocycles. The van der Waals surface area contributed by atoms with Gasteiger partial charge in [0.15, 0.2) is 0 Å². The minimum Gasteiger partial charge on any atom is -0.0651 e. The molecule has 0 N–H and O–H groups in total. The SMILES string of the molecule is CCC(C)C.CCC(C)C.CCC(C)C.CCC(C)C.CCC(C)C.CCC(C)C.CCC(C)C.CCC(C)C.CCC(C)C.CCC(C)C.CCC(C)C.CCC(C)C.CCC(C)C.CCC(C)C.CCC(C)C.CCC(C)C.CCC(C)C.CCC(C)C.CCC(C)C.CCC(C)C.CCC(C)C.CCC(C)C.CCC(C)C. The van der Waals surface area contributed by atoms with Crippen LogP contribution in [0.5, 0.6) is 0 Å². The third kappa shape index (κ3) is 676. The van der Waals surface area contributed by atoms with Crippen LogP contribution in [-0.4, -0.2) is 0 Å². The summed E-state index contributed by atoms with van der Waals surface area (Å²) in [5.41, 5.74) is 0.